The van der Waals surface area contributed by atoms with Crippen LogP contribution in [0.25, 0.3) is 0 Å². The summed E-state index contributed by atoms with van der Waals surface area (Å²) in [4.78, 5) is 0. The highest BCUT2D eigenvalue weighted by Crippen LogP contribution is 2.21. The molecule has 1 aromatic carbocycles. The minimum atomic E-state index is -2.78. The maximum Gasteiger partial charge on any atom is 0.387 e. The van der Waals surface area contributed by atoms with Gasteiger partial charge in [-0.3, -0.25) is 0 Å². The summed E-state index contributed by atoms with van der Waals surface area (Å²) in [7, 11) is 0. The SMILES string of the molecule is FC(F)Oc1cccc(NC2CCCNCC2)c1. The number of nitrogens with one attached hydrogen (secondary N) is 2. The fourth-order valence-corrected chi connectivity index (χ4v) is 2.16. The van der Waals surface area contributed by atoms with Gasteiger partial charge in [-0.05, 0) is 44.5 Å². The first kappa shape index (κ1) is 13.1. The van der Waals surface area contributed by atoms with Gasteiger partial charge in [0.05, 0.1) is 0 Å². The van der Waals surface area contributed by atoms with E-state index in [4.69, 9.17) is 0 Å². The molecule has 0 amide bonds. The van der Waals surface area contributed by atoms with Crippen molar-refractivity contribution in [2.45, 2.75) is 31.9 Å². The maximum absolute atomic E-state index is 12.1. The number of benzene rings is 1. The quantitative estimate of drug-likeness (QED) is 0.869. The van der Waals surface area contributed by atoms with E-state index in [-0.39, 0.29) is 5.75 Å². The Balaban J connectivity index is 1.95. The Labute approximate surface area is 106 Å². The van der Waals surface area contributed by atoms with Crippen LogP contribution in [-0.2, 0) is 0 Å². The normalized spacial score (nSPS) is 20.5. The Kier molecular flexibility index (Phi) is 4.75. The molecule has 1 fully saturated rings. The van der Waals surface area contributed by atoms with Crippen LogP contribution in [-0.4, -0.2) is 25.7 Å². The molecule has 0 aliphatic carbocycles. The van der Waals surface area contributed by atoms with Gasteiger partial charge < -0.3 is 15.4 Å². The number of hydrogen-bond donors (Lipinski definition) is 2. The van der Waals surface area contributed by atoms with Crippen LogP contribution in [0.5, 0.6) is 5.75 Å². The highest BCUT2D eigenvalue weighted by atomic mass is 19.3. The van der Waals surface area contributed by atoms with E-state index in [1.807, 2.05) is 6.07 Å². The van der Waals surface area contributed by atoms with Gasteiger partial charge >= 0.3 is 6.61 Å². The molecule has 1 aliphatic rings. The van der Waals surface area contributed by atoms with E-state index in [0.717, 1.165) is 38.0 Å². The average Bonchev–Trinajstić information content (AvgIpc) is 2.57. The first-order chi connectivity index (χ1) is 8.74. The Morgan fingerprint density at radius 2 is 2.17 bits per heavy atom. The van der Waals surface area contributed by atoms with Crippen LogP contribution >= 0.6 is 0 Å². The van der Waals surface area contributed by atoms with Crippen LogP contribution < -0.4 is 15.4 Å². The zero-order valence-electron chi connectivity index (χ0n) is 10.2. The zero-order valence-corrected chi connectivity index (χ0v) is 10.2. The molecule has 5 heteroatoms. The molecule has 2 N–H and O–H groups in total. The van der Waals surface area contributed by atoms with Crippen LogP contribution in [0.3, 0.4) is 0 Å². The molecule has 0 saturated carbocycles. The van der Waals surface area contributed by atoms with Gasteiger partial charge in [0.25, 0.3) is 0 Å². The van der Waals surface area contributed by atoms with Gasteiger partial charge in [0, 0.05) is 17.8 Å². The van der Waals surface area contributed by atoms with Crippen LogP contribution in [0, 0.1) is 0 Å². The molecule has 1 heterocycles. The summed E-state index contributed by atoms with van der Waals surface area (Å²) in [5.41, 5.74) is 0.833. The summed E-state index contributed by atoms with van der Waals surface area (Å²) >= 11 is 0. The lowest BCUT2D eigenvalue weighted by Crippen LogP contribution is -2.21. The average molecular weight is 256 g/mol. The summed E-state index contributed by atoms with van der Waals surface area (Å²) in [6.45, 7) is -0.736. The second-order valence-corrected chi connectivity index (χ2v) is 4.43. The molecular weight excluding hydrogens is 238 g/mol. The summed E-state index contributed by atoms with van der Waals surface area (Å²) < 4.78 is 28.6. The predicted octanol–water partition coefficient (Wildman–Crippen LogP) is 2.84. The van der Waals surface area contributed by atoms with Crippen LogP contribution in [0.1, 0.15) is 19.3 Å². The summed E-state index contributed by atoms with van der Waals surface area (Å²) in [5, 5.41) is 6.71. The largest absolute Gasteiger partial charge is 0.435 e. The van der Waals surface area contributed by atoms with Gasteiger partial charge in [0.1, 0.15) is 5.75 Å². The number of halogens is 2. The summed E-state index contributed by atoms with van der Waals surface area (Å²) in [5.74, 6) is 0.196. The van der Waals surface area contributed by atoms with Crippen molar-refractivity contribution < 1.29 is 13.5 Å². The van der Waals surface area contributed by atoms with E-state index in [2.05, 4.69) is 15.4 Å². The first-order valence-electron chi connectivity index (χ1n) is 6.26. The molecule has 1 atom stereocenters. The van der Waals surface area contributed by atoms with Gasteiger partial charge in [-0.15, -0.1) is 0 Å². The van der Waals surface area contributed by atoms with Gasteiger partial charge in [0.15, 0.2) is 0 Å². The van der Waals surface area contributed by atoms with Gasteiger partial charge in [-0.1, -0.05) is 6.07 Å². The van der Waals surface area contributed by atoms with Crippen LogP contribution in [0.2, 0.25) is 0 Å². The molecule has 100 valence electrons. The zero-order chi connectivity index (χ0) is 12.8. The Bertz CT molecular complexity index is 366. The standard InChI is InChI=1S/C13H18F2N2O/c14-13(15)18-12-5-1-3-11(9-12)17-10-4-2-7-16-8-6-10/h1,3,5,9-10,13,16-17H,2,4,6-8H2. The van der Waals surface area contributed by atoms with E-state index < -0.39 is 6.61 Å². The Hall–Kier alpha value is -1.36. The number of anilines is 1. The van der Waals surface area contributed by atoms with Crippen molar-refractivity contribution in [3.63, 3.8) is 0 Å². The third-order valence-electron chi connectivity index (χ3n) is 3.01. The van der Waals surface area contributed by atoms with Crippen molar-refractivity contribution in [2.24, 2.45) is 0 Å². The molecule has 0 bridgehead atoms. The van der Waals surface area contributed by atoms with E-state index in [9.17, 15) is 8.78 Å². The Morgan fingerprint density at radius 1 is 1.28 bits per heavy atom. The third-order valence-corrected chi connectivity index (χ3v) is 3.01. The highest BCUT2D eigenvalue weighted by Gasteiger charge is 2.12. The van der Waals surface area contributed by atoms with Gasteiger partial charge in [-0.25, -0.2) is 0 Å². The smallest absolute Gasteiger partial charge is 0.387 e. The molecule has 1 aromatic rings. The molecule has 1 aliphatic heterocycles. The van der Waals surface area contributed by atoms with E-state index in [1.54, 1.807) is 12.1 Å². The topological polar surface area (TPSA) is 33.3 Å². The number of ether oxygens (including phenoxy) is 1. The van der Waals surface area contributed by atoms with Crippen molar-refractivity contribution in [3.05, 3.63) is 24.3 Å². The van der Waals surface area contributed by atoms with E-state index >= 15 is 0 Å². The van der Waals surface area contributed by atoms with E-state index in [0.29, 0.717) is 6.04 Å². The van der Waals surface area contributed by atoms with Crippen molar-refractivity contribution in [1.82, 2.24) is 5.32 Å². The van der Waals surface area contributed by atoms with Crippen molar-refractivity contribution in [1.29, 1.82) is 0 Å². The molecule has 0 spiro atoms. The maximum atomic E-state index is 12.1. The first-order valence-corrected chi connectivity index (χ1v) is 6.26. The van der Waals surface area contributed by atoms with Crippen molar-refractivity contribution >= 4 is 5.69 Å². The van der Waals surface area contributed by atoms with Gasteiger partial charge in [-0.2, -0.15) is 8.78 Å². The molecule has 2 rings (SSSR count). The molecule has 1 unspecified atom stereocenters. The minimum Gasteiger partial charge on any atom is -0.435 e. The molecule has 0 radical (unpaired) electrons. The lowest BCUT2D eigenvalue weighted by molar-refractivity contribution is -0.0498. The lowest BCUT2D eigenvalue weighted by Gasteiger charge is -2.17. The third kappa shape index (κ3) is 4.14. The molecule has 0 aromatic heterocycles. The van der Waals surface area contributed by atoms with Crippen molar-refractivity contribution in [3.8, 4) is 5.75 Å². The minimum absolute atomic E-state index is 0.196. The van der Waals surface area contributed by atoms with Crippen molar-refractivity contribution in [2.75, 3.05) is 18.4 Å². The molecule has 3 nitrogen and oxygen atoms in total. The molecule has 18 heavy (non-hydrogen) atoms. The van der Waals surface area contributed by atoms with Crippen LogP contribution in [0.4, 0.5) is 14.5 Å². The predicted molar refractivity (Wildman–Crippen MR) is 67.2 cm³/mol. The van der Waals surface area contributed by atoms with Crippen LogP contribution in [0.15, 0.2) is 24.3 Å². The number of rotatable bonds is 4. The second kappa shape index (κ2) is 6.54. The summed E-state index contributed by atoms with van der Waals surface area (Å²) in [6.07, 6.45) is 3.26. The molecule has 1 saturated heterocycles. The van der Waals surface area contributed by atoms with E-state index in [1.165, 1.54) is 6.07 Å². The second-order valence-electron chi connectivity index (χ2n) is 4.43. The number of hydrogen-bond acceptors (Lipinski definition) is 3. The molecular formula is C13H18F2N2O. The monoisotopic (exact) mass is 256 g/mol. The fourth-order valence-electron chi connectivity index (χ4n) is 2.16. The highest BCUT2D eigenvalue weighted by molar-refractivity contribution is 5.48. The lowest BCUT2D eigenvalue weighted by atomic mass is 10.1. The Morgan fingerprint density at radius 3 is 3.00 bits per heavy atom. The number of alkyl halides is 2. The summed E-state index contributed by atoms with van der Waals surface area (Å²) in [6, 6.07) is 7.13. The van der Waals surface area contributed by atoms with Gasteiger partial charge in [0.2, 0.25) is 0 Å². The fraction of sp³-hybridized carbons (Fsp3) is 0.538.